The molecular formula is C11H10BrNO3. The van der Waals surface area contributed by atoms with E-state index in [4.69, 9.17) is 14.7 Å². The zero-order valence-electron chi connectivity index (χ0n) is 8.91. The van der Waals surface area contributed by atoms with Crippen LogP contribution in [0.4, 0.5) is 0 Å². The Morgan fingerprint density at radius 2 is 2.25 bits per heavy atom. The van der Waals surface area contributed by atoms with E-state index < -0.39 is 5.97 Å². The quantitative estimate of drug-likeness (QED) is 0.800. The van der Waals surface area contributed by atoms with E-state index in [2.05, 4.69) is 15.9 Å². The van der Waals surface area contributed by atoms with Crippen molar-refractivity contribution in [3.05, 3.63) is 27.7 Å². The lowest BCUT2D eigenvalue weighted by Crippen LogP contribution is -2.06. The topological polar surface area (TPSA) is 59.3 Å². The molecule has 4 nitrogen and oxygen atoms in total. The van der Waals surface area contributed by atoms with Crippen LogP contribution in [0.2, 0.25) is 0 Å². The molecule has 0 amide bonds. The van der Waals surface area contributed by atoms with Crippen LogP contribution in [0.5, 0.6) is 5.75 Å². The second-order valence-corrected chi connectivity index (χ2v) is 3.63. The maximum atomic E-state index is 11.5. The van der Waals surface area contributed by atoms with Gasteiger partial charge in [0.1, 0.15) is 6.07 Å². The predicted molar refractivity (Wildman–Crippen MR) is 61.4 cm³/mol. The van der Waals surface area contributed by atoms with Crippen LogP contribution >= 0.6 is 15.9 Å². The SMILES string of the molecule is CCOC(=O)c1ccc(C#N)c(OC)c1Br. The molecule has 1 rings (SSSR count). The van der Waals surface area contributed by atoms with E-state index in [1.54, 1.807) is 6.92 Å². The van der Waals surface area contributed by atoms with Crippen LogP contribution in [-0.2, 0) is 4.74 Å². The van der Waals surface area contributed by atoms with Crippen LogP contribution in [0, 0.1) is 11.3 Å². The number of methoxy groups -OCH3 is 1. The summed E-state index contributed by atoms with van der Waals surface area (Å²) in [5, 5.41) is 8.84. The zero-order chi connectivity index (χ0) is 12.1. The maximum Gasteiger partial charge on any atom is 0.339 e. The molecule has 0 heterocycles. The minimum absolute atomic E-state index is 0.299. The molecule has 16 heavy (non-hydrogen) atoms. The molecule has 84 valence electrons. The van der Waals surface area contributed by atoms with Crippen LogP contribution in [0.3, 0.4) is 0 Å². The molecule has 1 aromatic rings. The molecule has 0 unspecified atom stereocenters. The van der Waals surface area contributed by atoms with Crippen molar-refractivity contribution >= 4 is 21.9 Å². The van der Waals surface area contributed by atoms with Crippen molar-refractivity contribution in [2.45, 2.75) is 6.92 Å². The first kappa shape index (κ1) is 12.5. The fourth-order valence-electron chi connectivity index (χ4n) is 1.21. The number of halogens is 1. The third kappa shape index (κ3) is 2.34. The molecule has 0 bridgehead atoms. The van der Waals surface area contributed by atoms with Gasteiger partial charge in [0.05, 0.1) is 29.3 Å². The highest BCUT2D eigenvalue weighted by molar-refractivity contribution is 9.10. The number of ether oxygens (including phenoxy) is 2. The Balaban J connectivity index is 3.25. The van der Waals surface area contributed by atoms with Gasteiger partial charge in [-0.1, -0.05) is 0 Å². The van der Waals surface area contributed by atoms with Crippen LogP contribution in [0.25, 0.3) is 0 Å². The largest absolute Gasteiger partial charge is 0.494 e. The van der Waals surface area contributed by atoms with Gasteiger partial charge in [-0.05, 0) is 35.0 Å². The first-order valence-electron chi connectivity index (χ1n) is 4.59. The van der Waals surface area contributed by atoms with Crippen molar-refractivity contribution in [2.24, 2.45) is 0 Å². The van der Waals surface area contributed by atoms with Gasteiger partial charge in [0.15, 0.2) is 5.75 Å². The Hall–Kier alpha value is -1.54. The molecular weight excluding hydrogens is 274 g/mol. The van der Waals surface area contributed by atoms with Crippen molar-refractivity contribution < 1.29 is 14.3 Å². The molecule has 0 atom stereocenters. The molecule has 0 saturated carbocycles. The van der Waals surface area contributed by atoms with E-state index in [1.165, 1.54) is 19.2 Å². The Morgan fingerprint density at radius 3 is 2.75 bits per heavy atom. The summed E-state index contributed by atoms with van der Waals surface area (Å²) in [6, 6.07) is 5.03. The number of benzene rings is 1. The summed E-state index contributed by atoms with van der Waals surface area (Å²) in [4.78, 5) is 11.5. The van der Waals surface area contributed by atoms with Gasteiger partial charge in [-0.3, -0.25) is 0 Å². The highest BCUT2D eigenvalue weighted by Gasteiger charge is 2.17. The van der Waals surface area contributed by atoms with E-state index in [1.807, 2.05) is 6.07 Å². The summed E-state index contributed by atoms with van der Waals surface area (Å²) in [5.74, 6) is -0.106. The van der Waals surface area contributed by atoms with Gasteiger partial charge in [-0.25, -0.2) is 4.79 Å². The maximum absolute atomic E-state index is 11.5. The van der Waals surface area contributed by atoms with Crippen LogP contribution in [0.15, 0.2) is 16.6 Å². The normalized spacial score (nSPS) is 9.38. The van der Waals surface area contributed by atoms with E-state index in [-0.39, 0.29) is 0 Å². The average molecular weight is 284 g/mol. The summed E-state index contributed by atoms with van der Waals surface area (Å²) in [6.07, 6.45) is 0. The third-order valence-electron chi connectivity index (χ3n) is 1.92. The van der Waals surface area contributed by atoms with Gasteiger partial charge in [0.25, 0.3) is 0 Å². The summed E-state index contributed by atoms with van der Waals surface area (Å²) < 4.78 is 10.4. The van der Waals surface area contributed by atoms with E-state index in [0.29, 0.717) is 28.0 Å². The van der Waals surface area contributed by atoms with E-state index in [9.17, 15) is 4.79 Å². The Bertz CT molecular complexity index is 451. The van der Waals surface area contributed by atoms with Gasteiger partial charge in [-0.15, -0.1) is 0 Å². The van der Waals surface area contributed by atoms with Gasteiger partial charge in [0, 0.05) is 0 Å². The zero-order valence-corrected chi connectivity index (χ0v) is 10.5. The molecule has 0 spiro atoms. The smallest absolute Gasteiger partial charge is 0.339 e. The molecule has 5 heteroatoms. The molecule has 1 aromatic carbocycles. The fraction of sp³-hybridized carbons (Fsp3) is 0.273. The van der Waals surface area contributed by atoms with Crippen molar-refractivity contribution in [1.82, 2.24) is 0 Å². The number of nitriles is 1. The van der Waals surface area contributed by atoms with Crippen molar-refractivity contribution in [2.75, 3.05) is 13.7 Å². The van der Waals surface area contributed by atoms with Gasteiger partial charge in [-0.2, -0.15) is 5.26 Å². The Labute approximate surface area is 102 Å². The monoisotopic (exact) mass is 283 g/mol. The van der Waals surface area contributed by atoms with Crippen LogP contribution in [-0.4, -0.2) is 19.7 Å². The molecule has 0 N–H and O–H groups in total. The number of carbonyl (C=O) groups excluding carboxylic acids is 1. The molecule has 0 aromatic heterocycles. The Kier molecular flexibility index (Phi) is 4.32. The molecule has 0 fully saturated rings. The molecule has 0 aliphatic rings. The second kappa shape index (κ2) is 5.52. The highest BCUT2D eigenvalue weighted by Crippen LogP contribution is 2.32. The standard InChI is InChI=1S/C11H10BrNO3/c1-3-16-11(14)8-5-4-7(6-13)10(15-2)9(8)12/h4-5H,3H2,1-2H3. The van der Waals surface area contributed by atoms with Crippen molar-refractivity contribution in [3.63, 3.8) is 0 Å². The summed E-state index contributed by atoms with van der Waals surface area (Å²) in [7, 11) is 1.44. The van der Waals surface area contributed by atoms with Gasteiger partial charge >= 0.3 is 5.97 Å². The van der Waals surface area contributed by atoms with Crippen molar-refractivity contribution in [3.8, 4) is 11.8 Å². The number of nitrogens with zero attached hydrogens (tertiary/aromatic N) is 1. The van der Waals surface area contributed by atoms with Crippen molar-refractivity contribution in [1.29, 1.82) is 5.26 Å². The first-order valence-corrected chi connectivity index (χ1v) is 5.38. The van der Waals surface area contributed by atoms with Gasteiger partial charge in [0.2, 0.25) is 0 Å². The number of hydrogen-bond donors (Lipinski definition) is 0. The summed E-state index contributed by atoms with van der Waals surface area (Å²) >= 11 is 3.23. The molecule has 0 aliphatic heterocycles. The number of rotatable bonds is 3. The van der Waals surface area contributed by atoms with E-state index in [0.717, 1.165) is 0 Å². The third-order valence-corrected chi connectivity index (χ3v) is 2.70. The van der Waals surface area contributed by atoms with Gasteiger partial charge < -0.3 is 9.47 Å². The van der Waals surface area contributed by atoms with Crippen LogP contribution < -0.4 is 4.74 Å². The lowest BCUT2D eigenvalue weighted by Gasteiger charge is -2.09. The summed E-state index contributed by atoms with van der Waals surface area (Å²) in [6.45, 7) is 2.03. The number of esters is 1. The molecule has 0 saturated heterocycles. The Morgan fingerprint density at radius 1 is 1.56 bits per heavy atom. The second-order valence-electron chi connectivity index (χ2n) is 2.84. The minimum atomic E-state index is -0.447. The van der Waals surface area contributed by atoms with E-state index >= 15 is 0 Å². The lowest BCUT2D eigenvalue weighted by molar-refractivity contribution is 0.0525. The fourth-order valence-corrected chi connectivity index (χ4v) is 1.88. The lowest BCUT2D eigenvalue weighted by atomic mass is 10.1. The number of hydrogen-bond acceptors (Lipinski definition) is 4. The molecule has 0 aliphatic carbocycles. The number of carbonyl (C=O) groups is 1. The molecule has 0 radical (unpaired) electrons. The average Bonchev–Trinajstić information content (AvgIpc) is 2.28. The summed E-state index contributed by atoms with van der Waals surface area (Å²) in [5.41, 5.74) is 0.708. The highest BCUT2D eigenvalue weighted by atomic mass is 79.9. The first-order chi connectivity index (χ1) is 7.65. The predicted octanol–water partition coefficient (Wildman–Crippen LogP) is 2.51. The minimum Gasteiger partial charge on any atom is -0.494 e. The van der Waals surface area contributed by atoms with Crippen LogP contribution in [0.1, 0.15) is 22.8 Å².